The maximum Gasteiger partial charge on any atom is -0.00646 e. The lowest BCUT2D eigenvalue weighted by Gasteiger charge is -2.21. The van der Waals surface area contributed by atoms with E-state index in [1.54, 1.807) is 5.57 Å². The van der Waals surface area contributed by atoms with E-state index in [4.69, 9.17) is 0 Å². The first-order valence-corrected chi connectivity index (χ1v) is 4.95. The molecule has 2 atom stereocenters. The summed E-state index contributed by atoms with van der Waals surface area (Å²) in [5.41, 5.74) is 1.58. The predicted molar refractivity (Wildman–Crippen MR) is 52.9 cm³/mol. The SMILES string of the molecule is CCC=C1C=CC2CC=CCC12. The van der Waals surface area contributed by atoms with Crippen LogP contribution in [0, 0.1) is 11.8 Å². The minimum atomic E-state index is 0.813. The minimum absolute atomic E-state index is 0.813. The highest BCUT2D eigenvalue weighted by Crippen LogP contribution is 2.38. The molecular weight excluding hydrogens is 144 g/mol. The summed E-state index contributed by atoms with van der Waals surface area (Å²) in [5, 5.41) is 0. The fourth-order valence-electron chi connectivity index (χ4n) is 2.24. The van der Waals surface area contributed by atoms with Crippen molar-refractivity contribution in [3.63, 3.8) is 0 Å². The molecule has 2 rings (SSSR count). The Labute approximate surface area is 74.7 Å². The maximum atomic E-state index is 2.38. The molecule has 2 aliphatic rings. The van der Waals surface area contributed by atoms with Crippen LogP contribution in [0.1, 0.15) is 26.2 Å². The molecule has 0 N–H and O–H groups in total. The number of allylic oxidation sites excluding steroid dienone is 6. The Morgan fingerprint density at radius 1 is 1.42 bits per heavy atom. The molecule has 0 aromatic heterocycles. The number of hydrogen-bond acceptors (Lipinski definition) is 0. The highest BCUT2D eigenvalue weighted by atomic mass is 14.3. The zero-order chi connectivity index (χ0) is 8.39. The topological polar surface area (TPSA) is 0 Å². The number of rotatable bonds is 1. The monoisotopic (exact) mass is 160 g/mol. The zero-order valence-electron chi connectivity index (χ0n) is 7.66. The molecule has 0 amide bonds. The van der Waals surface area contributed by atoms with E-state index in [0.29, 0.717) is 0 Å². The van der Waals surface area contributed by atoms with Crippen molar-refractivity contribution < 1.29 is 0 Å². The summed E-state index contributed by atoms with van der Waals surface area (Å²) < 4.78 is 0. The van der Waals surface area contributed by atoms with Crippen LogP contribution in [0.15, 0.2) is 36.0 Å². The summed E-state index contributed by atoms with van der Waals surface area (Å²) in [6.07, 6.45) is 15.4. The van der Waals surface area contributed by atoms with Gasteiger partial charge in [0.05, 0.1) is 0 Å². The van der Waals surface area contributed by atoms with E-state index in [2.05, 4.69) is 37.3 Å². The molecule has 0 saturated carbocycles. The largest absolute Gasteiger partial charge is 0.0879 e. The van der Waals surface area contributed by atoms with E-state index in [-0.39, 0.29) is 0 Å². The molecular formula is C12H16. The van der Waals surface area contributed by atoms with E-state index < -0.39 is 0 Å². The fraction of sp³-hybridized carbons (Fsp3) is 0.500. The van der Waals surface area contributed by atoms with Gasteiger partial charge in [-0.1, -0.05) is 37.3 Å². The second-order valence-corrected chi connectivity index (χ2v) is 3.68. The first kappa shape index (κ1) is 7.85. The van der Waals surface area contributed by atoms with Crippen LogP contribution in [0.5, 0.6) is 0 Å². The molecule has 0 aliphatic heterocycles. The fourth-order valence-corrected chi connectivity index (χ4v) is 2.24. The van der Waals surface area contributed by atoms with E-state index >= 15 is 0 Å². The predicted octanol–water partition coefficient (Wildman–Crippen LogP) is 3.48. The Bertz CT molecular complexity index is 243. The summed E-state index contributed by atoms with van der Waals surface area (Å²) in [6.45, 7) is 2.22. The van der Waals surface area contributed by atoms with Gasteiger partial charge in [0, 0.05) is 0 Å². The lowest BCUT2D eigenvalue weighted by atomic mass is 9.83. The van der Waals surface area contributed by atoms with E-state index in [9.17, 15) is 0 Å². The van der Waals surface area contributed by atoms with Gasteiger partial charge in [0.15, 0.2) is 0 Å². The Hall–Kier alpha value is -0.780. The third-order valence-corrected chi connectivity index (χ3v) is 2.89. The van der Waals surface area contributed by atoms with Crippen LogP contribution in [-0.4, -0.2) is 0 Å². The van der Waals surface area contributed by atoms with Crippen molar-refractivity contribution >= 4 is 0 Å². The van der Waals surface area contributed by atoms with Gasteiger partial charge in [-0.25, -0.2) is 0 Å². The highest BCUT2D eigenvalue weighted by Gasteiger charge is 2.26. The summed E-state index contributed by atoms with van der Waals surface area (Å²) in [4.78, 5) is 0. The van der Waals surface area contributed by atoms with Gasteiger partial charge in [0.1, 0.15) is 0 Å². The normalized spacial score (nSPS) is 35.9. The van der Waals surface area contributed by atoms with Crippen LogP contribution in [0.4, 0.5) is 0 Å². The van der Waals surface area contributed by atoms with Crippen molar-refractivity contribution in [3.8, 4) is 0 Å². The van der Waals surface area contributed by atoms with Gasteiger partial charge in [-0.05, 0) is 36.7 Å². The summed E-state index contributed by atoms with van der Waals surface area (Å²) in [7, 11) is 0. The van der Waals surface area contributed by atoms with Crippen molar-refractivity contribution in [2.75, 3.05) is 0 Å². The van der Waals surface area contributed by atoms with Crippen molar-refractivity contribution in [1.29, 1.82) is 0 Å². The molecule has 0 fully saturated rings. The molecule has 2 aliphatic carbocycles. The third kappa shape index (κ3) is 1.26. The minimum Gasteiger partial charge on any atom is -0.0879 e. The Kier molecular flexibility index (Phi) is 2.16. The van der Waals surface area contributed by atoms with Crippen LogP contribution in [0.2, 0.25) is 0 Å². The molecule has 2 unspecified atom stereocenters. The lowest BCUT2D eigenvalue weighted by molar-refractivity contribution is 0.469. The van der Waals surface area contributed by atoms with Gasteiger partial charge in [-0.2, -0.15) is 0 Å². The maximum absolute atomic E-state index is 2.38. The standard InChI is InChI=1S/C12H16/c1-2-5-10-8-9-11-6-3-4-7-12(10)11/h3-5,8-9,11-12H,2,6-7H2,1H3. The number of fused-ring (bicyclic) bond motifs is 1. The van der Waals surface area contributed by atoms with Gasteiger partial charge >= 0.3 is 0 Å². The van der Waals surface area contributed by atoms with Gasteiger partial charge in [0.2, 0.25) is 0 Å². The Balaban J connectivity index is 2.17. The average molecular weight is 160 g/mol. The van der Waals surface area contributed by atoms with E-state index in [1.165, 1.54) is 19.3 Å². The van der Waals surface area contributed by atoms with Crippen LogP contribution in [0.3, 0.4) is 0 Å². The van der Waals surface area contributed by atoms with Crippen LogP contribution in [-0.2, 0) is 0 Å². The molecule has 0 bridgehead atoms. The van der Waals surface area contributed by atoms with E-state index in [1.807, 2.05) is 0 Å². The molecule has 0 heteroatoms. The Morgan fingerprint density at radius 2 is 2.25 bits per heavy atom. The smallest absolute Gasteiger partial charge is 0.00646 e. The first-order valence-electron chi connectivity index (χ1n) is 4.95. The van der Waals surface area contributed by atoms with Crippen molar-refractivity contribution in [2.24, 2.45) is 11.8 Å². The van der Waals surface area contributed by atoms with Gasteiger partial charge in [0.25, 0.3) is 0 Å². The van der Waals surface area contributed by atoms with Crippen LogP contribution < -0.4 is 0 Å². The molecule has 0 heterocycles. The Morgan fingerprint density at radius 3 is 3.08 bits per heavy atom. The highest BCUT2D eigenvalue weighted by molar-refractivity contribution is 5.32. The van der Waals surface area contributed by atoms with Gasteiger partial charge in [-0.15, -0.1) is 0 Å². The quantitative estimate of drug-likeness (QED) is 0.515. The van der Waals surface area contributed by atoms with Crippen LogP contribution >= 0.6 is 0 Å². The molecule has 0 nitrogen and oxygen atoms in total. The van der Waals surface area contributed by atoms with Crippen molar-refractivity contribution in [3.05, 3.63) is 36.0 Å². The molecule has 0 saturated heterocycles. The first-order chi connectivity index (χ1) is 5.92. The zero-order valence-corrected chi connectivity index (χ0v) is 7.66. The molecule has 0 radical (unpaired) electrons. The van der Waals surface area contributed by atoms with Crippen molar-refractivity contribution in [1.82, 2.24) is 0 Å². The summed E-state index contributed by atoms with van der Waals surface area (Å²) in [6, 6.07) is 0. The van der Waals surface area contributed by atoms with Gasteiger partial charge < -0.3 is 0 Å². The summed E-state index contributed by atoms with van der Waals surface area (Å²) >= 11 is 0. The van der Waals surface area contributed by atoms with E-state index in [0.717, 1.165) is 11.8 Å². The molecule has 0 aromatic rings. The summed E-state index contributed by atoms with van der Waals surface area (Å²) in [5.74, 6) is 1.63. The van der Waals surface area contributed by atoms with Gasteiger partial charge in [-0.3, -0.25) is 0 Å². The van der Waals surface area contributed by atoms with Crippen LogP contribution in [0.25, 0.3) is 0 Å². The second kappa shape index (κ2) is 3.30. The molecule has 12 heavy (non-hydrogen) atoms. The average Bonchev–Trinajstić information content (AvgIpc) is 2.50. The molecule has 0 aromatic carbocycles. The number of hydrogen-bond donors (Lipinski definition) is 0. The molecule has 64 valence electrons. The van der Waals surface area contributed by atoms with Crippen molar-refractivity contribution in [2.45, 2.75) is 26.2 Å². The third-order valence-electron chi connectivity index (χ3n) is 2.89. The lowest BCUT2D eigenvalue weighted by Crippen LogP contribution is -2.11. The second-order valence-electron chi connectivity index (χ2n) is 3.68. The molecule has 0 spiro atoms.